The van der Waals surface area contributed by atoms with Crippen molar-refractivity contribution in [2.45, 2.75) is 53.0 Å². The zero-order valence-electron chi connectivity index (χ0n) is 16.7. The molecule has 2 heterocycles. The van der Waals surface area contributed by atoms with Crippen LogP contribution in [0.2, 0.25) is 0 Å². The standard InChI is InChI=1S/C22H25N3O2S/c1-13(19(26)14-8-6-5-7-9-14)25-21(27)18-16-11-10-15(22(2,3)4)12-17(16)28-20(18)23-24-25/h5-9,13,15H,10-12H2,1-4H3. The first-order valence-corrected chi connectivity index (χ1v) is 10.6. The molecule has 0 aliphatic heterocycles. The minimum absolute atomic E-state index is 0.131. The van der Waals surface area contributed by atoms with Gasteiger partial charge in [-0.1, -0.05) is 56.3 Å². The molecule has 0 amide bonds. The molecule has 1 aliphatic rings. The summed E-state index contributed by atoms with van der Waals surface area (Å²) in [6.07, 6.45) is 2.94. The third-order valence-corrected chi connectivity index (χ3v) is 7.07. The third kappa shape index (κ3) is 3.20. The Morgan fingerprint density at radius 1 is 1.25 bits per heavy atom. The number of ketones is 1. The van der Waals surface area contributed by atoms with Crippen LogP contribution in [0.4, 0.5) is 0 Å². The largest absolute Gasteiger partial charge is 0.292 e. The fraction of sp³-hybridized carbons (Fsp3) is 0.455. The molecule has 1 aliphatic carbocycles. The summed E-state index contributed by atoms with van der Waals surface area (Å²) in [6, 6.07) is 8.33. The number of carbonyl (C=O) groups is 1. The molecule has 0 saturated carbocycles. The van der Waals surface area contributed by atoms with E-state index in [9.17, 15) is 9.59 Å². The Hall–Kier alpha value is -2.34. The highest BCUT2D eigenvalue weighted by Gasteiger charge is 2.32. The highest BCUT2D eigenvalue weighted by Crippen LogP contribution is 2.41. The molecule has 2 aromatic heterocycles. The van der Waals surface area contributed by atoms with Crippen molar-refractivity contribution in [3.05, 3.63) is 56.7 Å². The number of nitrogens with zero attached hydrogens (tertiary/aromatic N) is 3. The maximum absolute atomic E-state index is 13.2. The number of thiophene rings is 1. The Kier molecular flexibility index (Phi) is 4.70. The lowest BCUT2D eigenvalue weighted by Crippen LogP contribution is -2.32. The van der Waals surface area contributed by atoms with Crippen LogP contribution in [-0.2, 0) is 12.8 Å². The molecule has 28 heavy (non-hydrogen) atoms. The van der Waals surface area contributed by atoms with E-state index in [1.54, 1.807) is 30.4 Å². The van der Waals surface area contributed by atoms with E-state index in [1.165, 1.54) is 9.56 Å². The number of Topliss-reactive ketones (excluding diaryl/α,β-unsaturated/α-hetero) is 1. The topological polar surface area (TPSA) is 64.8 Å². The third-order valence-electron chi connectivity index (χ3n) is 5.93. The summed E-state index contributed by atoms with van der Waals surface area (Å²) in [7, 11) is 0. The second kappa shape index (κ2) is 6.92. The van der Waals surface area contributed by atoms with Crippen molar-refractivity contribution in [1.82, 2.24) is 15.0 Å². The quantitative estimate of drug-likeness (QED) is 0.615. The van der Waals surface area contributed by atoms with Gasteiger partial charge in [0.1, 0.15) is 6.04 Å². The highest BCUT2D eigenvalue weighted by atomic mass is 32.1. The molecule has 0 spiro atoms. The number of aryl methyl sites for hydroxylation is 1. The number of rotatable bonds is 3. The molecule has 2 atom stereocenters. The molecule has 0 saturated heterocycles. The average Bonchev–Trinajstić information content (AvgIpc) is 3.05. The van der Waals surface area contributed by atoms with Crippen molar-refractivity contribution < 1.29 is 4.79 Å². The SMILES string of the molecule is CC(C(=O)c1ccccc1)n1nnc2sc3c(c2c1=O)CCC(C(C)(C)C)C3. The lowest BCUT2D eigenvalue weighted by molar-refractivity contribution is 0.0923. The van der Waals surface area contributed by atoms with Gasteiger partial charge in [-0.15, -0.1) is 16.4 Å². The molecule has 146 valence electrons. The van der Waals surface area contributed by atoms with Crippen LogP contribution in [0.1, 0.15) is 61.0 Å². The molecule has 2 unspecified atom stereocenters. The average molecular weight is 396 g/mol. The number of benzene rings is 1. The molecular formula is C22H25N3O2S. The van der Waals surface area contributed by atoms with Crippen molar-refractivity contribution in [3.63, 3.8) is 0 Å². The number of fused-ring (bicyclic) bond motifs is 3. The van der Waals surface area contributed by atoms with Gasteiger partial charge >= 0.3 is 0 Å². The van der Waals surface area contributed by atoms with E-state index < -0.39 is 6.04 Å². The molecule has 0 fully saturated rings. The minimum atomic E-state index is -0.687. The molecule has 3 aromatic rings. The Bertz CT molecular complexity index is 1090. The predicted molar refractivity (Wildman–Crippen MR) is 112 cm³/mol. The van der Waals surface area contributed by atoms with Crippen molar-refractivity contribution in [2.24, 2.45) is 11.3 Å². The Balaban J connectivity index is 1.74. The van der Waals surface area contributed by atoms with E-state index in [2.05, 4.69) is 31.1 Å². The summed E-state index contributed by atoms with van der Waals surface area (Å²) in [6.45, 7) is 8.55. The van der Waals surface area contributed by atoms with Crippen LogP contribution in [-0.4, -0.2) is 20.8 Å². The highest BCUT2D eigenvalue weighted by molar-refractivity contribution is 7.18. The summed E-state index contributed by atoms with van der Waals surface area (Å²) in [5, 5.41) is 9.08. The van der Waals surface area contributed by atoms with Crippen LogP contribution in [0.15, 0.2) is 35.1 Å². The van der Waals surface area contributed by atoms with Gasteiger partial charge in [-0.05, 0) is 43.1 Å². The van der Waals surface area contributed by atoms with Crippen LogP contribution in [0.5, 0.6) is 0 Å². The zero-order valence-corrected chi connectivity index (χ0v) is 17.5. The Morgan fingerprint density at radius 2 is 1.96 bits per heavy atom. The molecule has 0 radical (unpaired) electrons. The second-order valence-corrected chi connectivity index (χ2v) is 9.82. The number of carbonyl (C=O) groups excluding carboxylic acids is 1. The maximum atomic E-state index is 13.2. The van der Waals surface area contributed by atoms with Gasteiger partial charge in [0.2, 0.25) is 0 Å². The lowest BCUT2D eigenvalue weighted by atomic mass is 9.72. The fourth-order valence-electron chi connectivity index (χ4n) is 4.05. The normalized spacial score (nSPS) is 18.1. The lowest BCUT2D eigenvalue weighted by Gasteiger charge is -2.33. The van der Waals surface area contributed by atoms with Crippen molar-refractivity contribution >= 4 is 27.3 Å². The summed E-state index contributed by atoms with van der Waals surface area (Å²) >= 11 is 1.59. The van der Waals surface area contributed by atoms with E-state index in [-0.39, 0.29) is 16.8 Å². The number of hydrogen-bond donors (Lipinski definition) is 0. The van der Waals surface area contributed by atoms with E-state index in [0.717, 1.165) is 24.8 Å². The summed E-state index contributed by atoms with van der Waals surface area (Å²) < 4.78 is 1.25. The van der Waals surface area contributed by atoms with Gasteiger partial charge in [0.25, 0.3) is 5.56 Å². The monoisotopic (exact) mass is 395 g/mol. The van der Waals surface area contributed by atoms with Crippen molar-refractivity contribution in [3.8, 4) is 0 Å². The molecule has 0 bridgehead atoms. The van der Waals surface area contributed by atoms with Crippen molar-refractivity contribution in [1.29, 1.82) is 0 Å². The van der Waals surface area contributed by atoms with Gasteiger partial charge in [0.05, 0.1) is 5.39 Å². The molecular weight excluding hydrogens is 370 g/mol. The Labute approximate surface area is 168 Å². The molecule has 5 nitrogen and oxygen atoms in total. The van der Waals surface area contributed by atoms with Crippen LogP contribution >= 0.6 is 11.3 Å². The molecule has 1 aromatic carbocycles. The first-order chi connectivity index (χ1) is 13.3. The van der Waals surface area contributed by atoms with E-state index in [4.69, 9.17) is 0 Å². The number of hydrogen-bond acceptors (Lipinski definition) is 5. The summed E-state index contributed by atoms with van der Waals surface area (Å²) in [4.78, 5) is 28.0. The van der Waals surface area contributed by atoms with Crippen LogP contribution < -0.4 is 5.56 Å². The minimum Gasteiger partial charge on any atom is -0.292 e. The van der Waals surface area contributed by atoms with E-state index >= 15 is 0 Å². The fourth-order valence-corrected chi connectivity index (χ4v) is 5.29. The van der Waals surface area contributed by atoms with Crippen LogP contribution in [0, 0.1) is 11.3 Å². The maximum Gasteiger partial charge on any atom is 0.279 e. The molecule has 4 rings (SSSR count). The van der Waals surface area contributed by atoms with Gasteiger partial charge in [-0.3, -0.25) is 9.59 Å². The van der Waals surface area contributed by atoms with Gasteiger partial charge in [-0.2, -0.15) is 4.68 Å². The summed E-state index contributed by atoms with van der Waals surface area (Å²) in [5.41, 5.74) is 1.74. The van der Waals surface area contributed by atoms with E-state index in [0.29, 0.717) is 21.7 Å². The molecule has 6 heteroatoms. The molecule has 0 N–H and O–H groups in total. The second-order valence-electron chi connectivity index (χ2n) is 8.74. The first kappa shape index (κ1) is 19.0. The van der Waals surface area contributed by atoms with Gasteiger partial charge < -0.3 is 0 Å². The smallest absolute Gasteiger partial charge is 0.279 e. The Morgan fingerprint density at radius 3 is 2.64 bits per heavy atom. The van der Waals surface area contributed by atoms with Gasteiger partial charge in [-0.25, -0.2) is 0 Å². The summed E-state index contributed by atoms with van der Waals surface area (Å²) in [5.74, 6) is 0.468. The first-order valence-electron chi connectivity index (χ1n) is 9.76. The van der Waals surface area contributed by atoms with Crippen LogP contribution in [0.3, 0.4) is 0 Å². The van der Waals surface area contributed by atoms with Crippen molar-refractivity contribution in [2.75, 3.05) is 0 Å². The predicted octanol–water partition coefficient (Wildman–Crippen LogP) is 4.45. The number of aromatic nitrogens is 3. The zero-order chi connectivity index (χ0) is 20.1. The van der Waals surface area contributed by atoms with Crippen LogP contribution in [0.25, 0.3) is 10.2 Å². The van der Waals surface area contributed by atoms with E-state index in [1.807, 2.05) is 18.2 Å². The van der Waals surface area contributed by atoms with Gasteiger partial charge in [0, 0.05) is 10.4 Å². The van der Waals surface area contributed by atoms with Gasteiger partial charge in [0.15, 0.2) is 10.6 Å².